The highest BCUT2D eigenvalue weighted by Crippen LogP contribution is 2.33. The van der Waals surface area contributed by atoms with Gasteiger partial charge in [0.05, 0.1) is 13.2 Å². The van der Waals surface area contributed by atoms with E-state index in [1.807, 2.05) is 59.5 Å². The Bertz CT molecular complexity index is 625. The van der Waals surface area contributed by atoms with Crippen LogP contribution in [-0.4, -0.2) is 24.6 Å². The highest BCUT2D eigenvalue weighted by Gasteiger charge is 2.29. The number of nitrogens with zero attached hydrogens (tertiary/aromatic N) is 1. The molecule has 114 valence electrons. The molecule has 4 nitrogen and oxygen atoms in total. The van der Waals surface area contributed by atoms with Gasteiger partial charge in [-0.05, 0) is 42.7 Å². The van der Waals surface area contributed by atoms with Gasteiger partial charge in [0.2, 0.25) is 0 Å². The minimum atomic E-state index is -0.0375. The van der Waals surface area contributed by atoms with Crippen molar-refractivity contribution in [1.29, 1.82) is 0 Å². The molecule has 1 aliphatic rings. The fourth-order valence-electron chi connectivity index (χ4n) is 2.90. The van der Waals surface area contributed by atoms with Gasteiger partial charge in [0.15, 0.2) is 0 Å². The number of carbonyl (C=O) groups excluding carboxylic acids is 1. The van der Waals surface area contributed by atoms with E-state index in [0.717, 1.165) is 36.4 Å². The molecule has 1 fully saturated rings. The average Bonchev–Trinajstić information content (AvgIpc) is 3.05. The van der Waals surface area contributed by atoms with Crippen LogP contribution in [0.2, 0.25) is 0 Å². The summed E-state index contributed by atoms with van der Waals surface area (Å²) in [4.78, 5) is 14.4. The first-order valence-electron chi connectivity index (χ1n) is 7.54. The summed E-state index contributed by atoms with van der Waals surface area (Å²) in [6.07, 6.45) is 2.02. The number of anilines is 1. The van der Waals surface area contributed by atoms with Gasteiger partial charge in [0.25, 0.3) is 0 Å². The second-order valence-electron chi connectivity index (χ2n) is 5.42. The lowest BCUT2D eigenvalue weighted by atomic mass is 10.0. The van der Waals surface area contributed by atoms with Gasteiger partial charge in [-0.2, -0.15) is 0 Å². The van der Waals surface area contributed by atoms with E-state index in [9.17, 15) is 4.79 Å². The Morgan fingerprint density at radius 1 is 1.14 bits per heavy atom. The van der Waals surface area contributed by atoms with Crippen LogP contribution >= 0.6 is 0 Å². The lowest BCUT2D eigenvalue weighted by molar-refractivity contribution is 0.207. The smallest absolute Gasteiger partial charge is 0.322 e. The van der Waals surface area contributed by atoms with Crippen LogP contribution in [0.15, 0.2) is 54.6 Å². The molecule has 0 bridgehead atoms. The third kappa shape index (κ3) is 3.06. The number of carbonyl (C=O) groups is 1. The lowest BCUT2D eigenvalue weighted by Crippen LogP contribution is -2.34. The Morgan fingerprint density at radius 3 is 2.55 bits per heavy atom. The zero-order valence-corrected chi connectivity index (χ0v) is 12.7. The molecule has 1 aliphatic heterocycles. The van der Waals surface area contributed by atoms with Gasteiger partial charge in [0, 0.05) is 12.2 Å². The summed E-state index contributed by atoms with van der Waals surface area (Å²) in [5.74, 6) is 0.835. The first-order chi connectivity index (χ1) is 10.8. The van der Waals surface area contributed by atoms with E-state index < -0.39 is 0 Å². The molecule has 0 spiro atoms. The molecule has 0 unspecified atom stereocenters. The molecule has 0 saturated carbocycles. The van der Waals surface area contributed by atoms with Crippen molar-refractivity contribution in [2.45, 2.75) is 18.9 Å². The van der Waals surface area contributed by atoms with Crippen molar-refractivity contribution in [2.75, 3.05) is 19.0 Å². The van der Waals surface area contributed by atoms with Gasteiger partial charge in [-0.1, -0.05) is 30.3 Å². The molecule has 2 amide bonds. The van der Waals surface area contributed by atoms with Crippen LogP contribution in [0.4, 0.5) is 10.5 Å². The molecular weight excluding hydrogens is 276 g/mol. The zero-order chi connectivity index (χ0) is 15.4. The van der Waals surface area contributed by atoms with Gasteiger partial charge >= 0.3 is 6.03 Å². The van der Waals surface area contributed by atoms with Crippen molar-refractivity contribution >= 4 is 11.7 Å². The Kier molecular flexibility index (Phi) is 4.28. The van der Waals surface area contributed by atoms with Crippen molar-refractivity contribution < 1.29 is 9.53 Å². The molecule has 4 heteroatoms. The molecular formula is C18H20N2O2. The molecule has 2 aromatic rings. The monoisotopic (exact) mass is 296 g/mol. The third-order valence-corrected chi connectivity index (χ3v) is 4.04. The Balaban J connectivity index is 1.73. The molecule has 1 atom stereocenters. The summed E-state index contributed by atoms with van der Waals surface area (Å²) in [6.45, 7) is 0.787. The Hall–Kier alpha value is -2.49. The number of urea groups is 1. The largest absolute Gasteiger partial charge is 0.497 e. The number of likely N-dealkylation sites (tertiary alicyclic amines) is 1. The molecule has 0 aromatic heterocycles. The SMILES string of the molecule is COc1ccc([C@H]2CCCN2C(=O)Nc2ccccc2)cc1. The van der Waals surface area contributed by atoms with Crippen molar-refractivity contribution in [3.8, 4) is 5.75 Å². The minimum Gasteiger partial charge on any atom is -0.497 e. The molecule has 1 saturated heterocycles. The van der Waals surface area contributed by atoms with E-state index in [1.165, 1.54) is 0 Å². The quantitative estimate of drug-likeness (QED) is 0.928. The van der Waals surface area contributed by atoms with Crippen molar-refractivity contribution in [3.63, 3.8) is 0 Å². The van der Waals surface area contributed by atoms with Crippen molar-refractivity contribution in [2.24, 2.45) is 0 Å². The first kappa shape index (κ1) is 14.4. The number of methoxy groups -OCH3 is 1. The highest BCUT2D eigenvalue weighted by atomic mass is 16.5. The third-order valence-electron chi connectivity index (χ3n) is 4.04. The van der Waals surface area contributed by atoms with Crippen molar-refractivity contribution in [3.05, 3.63) is 60.2 Å². The normalized spacial score (nSPS) is 17.3. The summed E-state index contributed by atoms with van der Waals surface area (Å²) >= 11 is 0. The average molecular weight is 296 g/mol. The van der Waals surface area contributed by atoms with Crippen LogP contribution in [0, 0.1) is 0 Å². The highest BCUT2D eigenvalue weighted by molar-refractivity contribution is 5.89. The molecule has 3 rings (SSSR count). The van der Waals surface area contributed by atoms with E-state index >= 15 is 0 Å². The minimum absolute atomic E-state index is 0.0375. The standard InChI is InChI=1S/C18H20N2O2/c1-22-16-11-9-14(10-12-16)17-8-5-13-20(17)18(21)19-15-6-3-2-4-7-15/h2-4,6-7,9-12,17H,5,8,13H2,1H3,(H,19,21)/t17-/m1/s1. The predicted octanol–water partition coefficient (Wildman–Crippen LogP) is 4.06. The fraction of sp³-hybridized carbons (Fsp3) is 0.278. The zero-order valence-electron chi connectivity index (χ0n) is 12.7. The van der Waals surface area contributed by atoms with Crippen LogP contribution in [0.3, 0.4) is 0 Å². The predicted molar refractivity (Wildman–Crippen MR) is 87.1 cm³/mol. The second-order valence-corrected chi connectivity index (χ2v) is 5.42. The lowest BCUT2D eigenvalue weighted by Gasteiger charge is -2.25. The maximum atomic E-state index is 12.5. The van der Waals surface area contributed by atoms with Crippen LogP contribution in [0.1, 0.15) is 24.4 Å². The first-order valence-corrected chi connectivity index (χ1v) is 7.54. The number of para-hydroxylation sites is 1. The van der Waals surface area contributed by atoms with Crippen LogP contribution in [0.5, 0.6) is 5.75 Å². The number of amides is 2. The Morgan fingerprint density at radius 2 is 1.86 bits per heavy atom. The number of ether oxygens (including phenoxy) is 1. The van der Waals surface area contributed by atoms with Gasteiger partial charge in [-0.3, -0.25) is 0 Å². The topological polar surface area (TPSA) is 41.6 Å². The van der Waals surface area contributed by atoms with E-state index in [2.05, 4.69) is 5.32 Å². The summed E-state index contributed by atoms with van der Waals surface area (Å²) < 4.78 is 5.19. The number of hydrogen-bond acceptors (Lipinski definition) is 2. The van der Waals surface area contributed by atoms with Gasteiger partial charge in [-0.25, -0.2) is 4.79 Å². The summed E-state index contributed by atoms with van der Waals surface area (Å²) in [5, 5.41) is 2.97. The second kappa shape index (κ2) is 6.52. The van der Waals surface area contributed by atoms with Gasteiger partial charge in [-0.15, -0.1) is 0 Å². The van der Waals surface area contributed by atoms with Gasteiger partial charge < -0.3 is 15.0 Å². The summed E-state index contributed by atoms with van der Waals surface area (Å²) in [6, 6.07) is 17.6. The summed E-state index contributed by atoms with van der Waals surface area (Å²) in [7, 11) is 1.66. The maximum Gasteiger partial charge on any atom is 0.322 e. The summed E-state index contributed by atoms with van der Waals surface area (Å²) in [5.41, 5.74) is 1.98. The molecule has 1 heterocycles. The molecule has 1 N–H and O–H groups in total. The van der Waals surface area contributed by atoms with Crippen molar-refractivity contribution in [1.82, 2.24) is 4.90 Å². The van der Waals surface area contributed by atoms with Crippen LogP contribution < -0.4 is 10.1 Å². The molecule has 0 radical (unpaired) electrons. The molecule has 22 heavy (non-hydrogen) atoms. The number of nitrogens with one attached hydrogen (secondary N) is 1. The van der Waals surface area contributed by atoms with Crippen LogP contribution in [0.25, 0.3) is 0 Å². The molecule has 2 aromatic carbocycles. The van der Waals surface area contributed by atoms with E-state index in [4.69, 9.17) is 4.74 Å². The number of rotatable bonds is 3. The van der Waals surface area contributed by atoms with E-state index in [0.29, 0.717) is 0 Å². The number of benzene rings is 2. The number of hydrogen-bond donors (Lipinski definition) is 1. The fourth-order valence-corrected chi connectivity index (χ4v) is 2.90. The van der Waals surface area contributed by atoms with Gasteiger partial charge in [0.1, 0.15) is 5.75 Å². The Labute approximate surface area is 130 Å². The maximum absolute atomic E-state index is 12.5. The molecule has 0 aliphatic carbocycles. The van der Waals surface area contributed by atoms with E-state index in [1.54, 1.807) is 7.11 Å². The van der Waals surface area contributed by atoms with Crippen LogP contribution in [-0.2, 0) is 0 Å². The van der Waals surface area contributed by atoms with E-state index in [-0.39, 0.29) is 12.1 Å².